The largest absolute Gasteiger partial charge is 0.454 e. The van der Waals surface area contributed by atoms with Crippen molar-refractivity contribution in [3.05, 3.63) is 23.8 Å². The Bertz CT molecular complexity index is 488. The van der Waals surface area contributed by atoms with Crippen LogP contribution in [0.25, 0.3) is 0 Å². The number of fused-ring (bicyclic) bond motifs is 1. The van der Waals surface area contributed by atoms with Crippen LogP contribution in [0.5, 0.6) is 11.5 Å². The highest BCUT2D eigenvalue weighted by atomic mass is 16.7. The van der Waals surface area contributed by atoms with E-state index in [1.807, 2.05) is 18.2 Å². The second kappa shape index (κ2) is 4.82. The molecule has 0 aliphatic carbocycles. The predicted molar refractivity (Wildman–Crippen MR) is 66.8 cm³/mol. The van der Waals surface area contributed by atoms with Crippen molar-refractivity contribution in [3.63, 3.8) is 0 Å². The normalized spacial score (nSPS) is 12.1. The van der Waals surface area contributed by atoms with Crippen LogP contribution in [-0.4, -0.2) is 30.7 Å². The lowest BCUT2D eigenvalue weighted by Gasteiger charge is -2.20. The number of benzene rings is 1. The predicted octanol–water partition coefficient (Wildman–Crippen LogP) is 0.265. The van der Waals surface area contributed by atoms with Crippen molar-refractivity contribution >= 4 is 11.9 Å². The van der Waals surface area contributed by atoms with E-state index in [9.17, 15) is 0 Å². The minimum atomic E-state index is -0.252. The Labute approximate surface area is 104 Å². The van der Waals surface area contributed by atoms with Crippen LogP contribution in [0.15, 0.2) is 18.2 Å². The first-order valence-corrected chi connectivity index (χ1v) is 5.35. The molecule has 0 amide bonds. The summed E-state index contributed by atoms with van der Waals surface area (Å²) in [5.41, 5.74) is 6.15. The molecule has 1 aromatic carbocycles. The summed E-state index contributed by atoms with van der Waals surface area (Å²) in [6, 6.07) is 5.62. The average molecular weight is 249 g/mol. The van der Waals surface area contributed by atoms with Crippen molar-refractivity contribution in [1.82, 2.24) is 10.2 Å². The smallest absolute Gasteiger partial charge is 0.231 e. The zero-order chi connectivity index (χ0) is 13.1. The minimum absolute atomic E-state index is 0.0696. The van der Waals surface area contributed by atoms with Crippen LogP contribution in [0.4, 0.5) is 0 Å². The van der Waals surface area contributed by atoms with Crippen molar-refractivity contribution in [3.8, 4) is 11.5 Å². The molecule has 7 heteroatoms. The molecule has 0 saturated heterocycles. The monoisotopic (exact) mass is 249 g/mol. The molecule has 1 aliphatic rings. The molecule has 0 atom stereocenters. The number of rotatable bonds is 2. The molecule has 0 spiro atoms. The molecule has 2 rings (SSSR count). The van der Waals surface area contributed by atoms with Gasteiger partial charge in [-0.3, -0.25) is 16.1 Å². The molecule has 0 unspecified atom stereocenters. The quantitative estimate of drug-likeness (QED) is 0.444. The summed E-state index contributed by atoms with van der Waals surface area (Å²) in [6.07, 6.45) is 0. The molecule has 0 fully saturated rings. The van der Waals surface area contributed by atoms with Crippen molar-refractivity contribution in [1.29, 1.82) is 10.8 Å². The van der Waals surface area contributed by atoms with Crippen LogP contribution in [0, 0.1) is 10.8 Å². The van der Waals surface area contributed by atoms with Crippen molar-refractivity contribution < 1.29 is 9.47 Å². The van der Waals surface area contributed by atoms with E-state index in [1.54, 1.807) is 11.9 Å². The van der Waals surface area contributed by atoms with Crippen LogP contribution < -0.4 is 20.5 Å². The fourth-order valence-corrected chi connectivity index (χ4v) is 1.62. The summed E-state index contributed by atoms with van der Waals surface area (Å²) < 4.78 is 10.5. The third-order valence-corrected chi connectivity index (χ3v) is 2.49. The summed E-state index contributed by atoms with van der Waals surface area (Å²) in [5.74, 6) is 1.27. The summed E-state index contributed by atoms with van der Waals surface area (Å²) >= 11 is 0. The summed E-state index contributed by atoms with van der Waals surface area (Å²) in [6.45, 7) is 0.756. The van der Waals surface area contributed by atoms with Crippen LogP contribution >= 0.6 is 0 Å². The Balaban J connectivity index is 2.01. The Morgan fingerprint density at radius 2 is 2.11 bits per heavy atom. The van der Waals surface area contributed by atoms with Gasteiger partial charge in [0.05, 0.1) is 0 Å². The zero-order valence-electron chi connectivity index (χ0n) is 9.99. The molecular weight excluding hydrogens is 234 g/mol. The first-order chi connectivity index (χ1) is 8.56. The van der Waals surface area contributed by atoms with Gasteiger partial charge in [0.1, 0.15) is 0 Å². The lowest BCUT2D eigenvalue weighted by molar-refractivity contribution is 0.174. The van der Waals surface area contributed by atoms with E-state index in [0.29, 0.717) is 12.3 Å². The van der Waals surface area contributed by atoms with Gasteiger partial charge >= 0.3 is 0 Å². The number of ether oxygens (including phenoxy) is 2. The number of hydrogen-bond donors (Lipinski definition) is 4. The third-order valence-electron chi connectivity index (χ3n) is 2.49. The van der Waals surface area contributed by atoms with Gasteiger partial charge in [-0.1, -0.05) is 6.07 Å². The number of hydrogen-bond acceptors (Lipinski definition) is 4. The molecule has 0 radical (unpaired) electrons. The lowest BCUT2D eigenvalue weighted by atomic mass is 10.2. The maximum absolute atomic E-state index is 7.67. The molecule has 0 aromatic heterocycles. The lowest BCUT2D eigenvalue weighted by Crippen LogP contribution is -2.43. The van der Waals surface area contributed by atoms with Crippen molar-refractivity contribution in [2.24, 2.45) is 5.73 Å². The van der Waals surface area contributed by atoms with E-state index in [0.717, 1.165) is 11.3 Å². The van der Waals surface area contributed by atoms with Gasteiger partial charge in [-0.05, 0) is 17.7 Å². The van der Waals surface area contributed by atoms with Gasteiger partial charge in [-0.2, -0.15) is 0 Å². The van der Waals surface area contributed by atoms with Crippen LogP contribution in [0.1, 0.15) is 5.56 Å². The van der Waals surface area contributed by atoms with Gasteiger partial charge in [0, 0.05) is 13.6 Å². The second-order valence-electron chi connectivity index (χ2n) is 3.93. The van der Waals surface area contributed by atoms with E-state index in [2.05, 4.69) is 5.32 Å². The Hall–Kier alpha value is -2.44. The molecule has 1 heterocycles. The Morgan fingerprint density at radius 1 is 1.39 bits per heavy atom. The molecule has 1 aromatic rings. The number of nitrogens with one attached hydrogen (secondary N) is 3. The SMILES string of the molecule is CN(Cc1ccc2c(c1)OCO2)C(=N)NC(=N)N. The van der Waals surface area contributed by atoms with E-state index in [4.69, 9.17) is 26.0 Å². The Kier molecular flexibility index (Phi) is 3.22. The van der Waals surface area contributed by atoms with Gasteiger partial charge in [0.2, 0.25) is 6.79 Å². The summed E-state index contributed by atoms with van der Waals surface area (Å²) in [4.78, 5) is 1.64. The zero-order valence-corrected chi connectivity index (χ0v) is 9.99. The first kappa shape index (κ1) is 12.0. The van der Waals surface area contributed by atoms with Gasteiger partial charge in [-0.25, -0.2) is 0 Å². The van der Waals surface area contributed by atoms with Crippen molar-refractivity contribution in [2.75, 3.05) is 13.8 Å². The maximum Gasteiger partial charge on any atom is 0.231 e. The molecule has 96 valence electrons. The van der Waals surface area contributed by atoms with Gasteiger partial charge < -0.3 is 20.1 Å². The van der Waals surface area contributed by atoms with E-state index >= 15 is 0 Å². The maximum atomic E-state index is 7.67. The summed E-state index contributed by atoms with van der Waals surface area (Å²) in [7, 11) is 1.74. The average Bonchev–Trinajstić information content (AvgIpc) is 2.75. The van der Waals surface area contributed by atoms with Gasteiger partial charge in [-0.15, -0.1) is 0 Å². The molecular formula is C11H15N5O2. The number of nitrogens with two attached hydrogens (primary N) is 1. The van der Waals surface area contributed by atoms with Gasteiger partial charge in [0.25, 0.3) is 0 Å². The first-order valence-electron chi connectivity index (χ1n) is 5.35. The van der Waals surface area contributed by atoms with Gasteiger partial charge in [0.15, 0.2) is 23.4 Å². The van der Waals surface area contributed by atoms with E-state index < -0.39 is 0 Å². The van der Waals surface area contributed by atoms with E-state index in [-0.39, 0.29) is 18.7 Å². The highest BCUT2D eigenvalue weighted by Gasteiger charge is 2.14. The standard InChI is InChI=1S/C11H15N5O2/c1-16(11(14)15-10(12)13)5-7-2-3-8-9(4-7)18-6-17-8/h2-4H,5-6H2,1H3,(H5,12,13,14,15). The highest BCUT2D eigenvalue weighted by molar-refractivity contribution is 5.94. The molecule has 0 saturated carbocycles. The second-order valence-corrected chi connectivity index (χ2v) is 3.93. The molecule has 18 heavy (non-hydrogen) atoms. The van der Waals surface area contributed by atoms with Crippen molar-refractivity contribution in [2.45, 2.75) is 6.54 Å². The number of nitrogens with zero attached hydrogens (tertiary/aromatic N) is 1. The highest BCUT2D eigenvalue weighted by Crippen LogP contribution is 2.32. The topological polar surface area (TPSA) is 107 Å². The number of guanidine groups is 2. The molecule has 5 N–H and O–H groups in total. The molecule has 1 aliphatic heterocycles. The summed E-state index contributed by atoms with van der Waals surface area (Å²) in [5, 5.41) is 17.2. The Morgan fingerprint density at radius 3 is 2.83 bits per heavy atom. The van der Waals surface area contributed by atoms with Crippen LogP contribution in [0.3, 0.4) is 0 Å². The minimum Gasteiger partial charge on any atom is -0.454 e. The van der Waals surface area contributed by atoms with Crippen LogP contribution in [-0.2, 0) is 6.54 Å². The third kappa shape index (κ3) is 2.62. The fourth-order valence-electron chi connectivity index (χ4n) is 1.62. The molecule has 0 bridgehead atoms. The molecule has 7 nitrogen and oxygen atoms in total. The van der Waals surface area contributed by atoms with Crippen LogP contribution in [0.2, 0.25) is 0 Å². The fraction of sp³-hybridized carbons (Fsp3) is 0.273. The van der Waals surface area contributed by atoms with E-state index in [1.165, 1.54) is 0 Å².